The highest BCUT2D eigenvalue weighted by Gasteiger charge is 2.24. The monoisotopic (exact) mass is 346 g/mol. The number of nitrogens with zero attached hydrogens (tertiary/aromatic N) is 1. The summed E-state index contributed by atoms with van der Waals surface area (Å²) in [7, 11) is -1.50. The van der Waals surface area contributed by atoms with Gasteiger partial charge in [-0.1, -0.05) is 42.5 Å². The van der Waals surface area contributed by atoms with Crippen LogP contribution in [0.3, 0.4) is 0 Å². The molecular weight excluding hydrogens is 324 g/mol. The van der Waals surface area contributed by atoms with E-state index in [0.29, 0.717) is 12.2 Å². The number of hydrogen-bond acceptors (Lipinski definition) is 4. The van der Waals surface area contributed by atoms with Gasteiger partial charge < -0.3 is 10.2 Å². The highest BCUT2D eigenvalue weighted by atomic mass is 32.2. The molecule has 0 aliphatic rings. The fourth-order valence-corrected chi connectivity index (χ4v) is 2.73. The van der Waals surface area contributed by atoms with Crippen molar-refractivity contribution in [1.82, 2.24) is 0 Å². The molecule has 2 aromatic carbocycles. The van der Waals surface area contributed by atoms with Crippen molar-refractivity contribution >= 4 is 27.1 Å². The first-order chi connectivity index (χ1) is 11.3. The predicted octanol–water partition coefficient (Wildman–Crippen LogP) is 2.69. The molecule has 2 aromatic rings. The molecule has 0 saturated heterocycles. The van der Waals surface area contributed by atoms with Crippen LogP contribution >= 0.6 is 0 Å². The quantitative estimate of drug-likeness (QED) is 0.873. The molecular formula is C18H22N2O3S. The summed E-state index contributed by atoms with van der Waals surface area (Å²) < 4.78 is 23.1. The number of carbonyl (C=O) groups is 1. The Kier molecular flexibility index (Phi) is 5.62. The Balaban J connectivity index is 2.19. The molecule has 0 unspecified atom stereocenters. The smallest absolute Gasteiger partial charge is 0.242 e. The molecule has 0 bridgehead atoms. The van der Waals surface area contributed by atoms with E-state index in [0.717, 1.165) is 17.5 Å². The third kappa shape index (κ3) is 4.58. The van der Waals surface area contributed by atoms with Gasteiger partial charge in [0.05, 0.1) is 11.4 Å². The average Bonchev–Trinajstić information content (AvgIpc) is 2.54. The van der Waals surface area contributed by atoms with Crippen LogP contribution in [0.4, 0.5) is 11.4 Å². The Morgan fingerprint density at radius 2 is 1.67 bits per heavy atom. The Morgan fingerprint density at radius 1 is 1.08 bits per heavy atom. The summed E-state index contributed by atoms with van der Waals surface area (Å²) in [6.07, 6.45) is 1.06. The van der Waals surface area contributed by atoms with Gasteiger partial charge in [0, 0.05) is 19.8 Å². The maximum absolute atomic E-state index is 12.2. The highest BCUT2D eigenvalue weighted by Crippen LogP contribution is 2.26. The van der Waals surface area contributed by atoms with Gasteiger partial charge in [-0.3, -0.25) is 4.79 Å². The number of rotatable bonds is 6. The first-order valence-electron chi connectivity index (χ1n) is 7.63. The van der Waals surface area contributed by atoms with Crippen LogP contribution in [-0.4, -0.2) is 32.9 Å². The van der Waals surface area contributed by atoms with Crippen LogP contribution in [0.2, 0.25) is 0 Å². The minimum Gasteiger partial charge on any atom is -0.369 e. The fraction of sp³-hybridized carbons (Fsp3) is 0.278. The molecule has 1 amide bonds. The Labute approximate surface area is 143 Å². The summed E-state index contributed by atoms with van der Waals surface area (Å²) in [5.41, 5.74) is 2.57. The van der Waals surface area contributed by atoms with Gasteiger partial charge in [-0.2, -0.15) is 0 Å². The Bertz CT molecular complexity index is 804. The zero-order valence-electron chi connectivity index (χ0n) is 14.1. The van der Waals surface area contributed by atoms with Crippen molar-refractivity contribution in [2.24, 2.45) is 0 Å². The van der Waals surface area contributed by atoms with E-state index < -0.39 is 21.0 Å². The largest absolute Gasteiger partial charge is 0.369 e. The van der Waals surface area contributed by atoms with Crippen molar-refractivity contribution in [3.05, 3.63) is 60.2 Å². The van der Waals surface area contributed by atoms with Crippen molar-refractivity contribution in [3.63, 3.8) is 0 Å². The van der Waals surface area contributed by atoms with Crippen molar-refractivity contribution in [1.29, 1.82) is 0 Å². The second-order valence-corrected chi connectivity index (χ2v) is 8.19. The number of sulfone groups is 1. The summed E-state index contributed by atoms with van der Waals surface area (Å²) >= 11 is 0. The van der Waals surface area contributed by atoms with E-state index in [4.69, 9.17) is 0 Å². The molecule has 0 aromatic heterocycles. The lowest BCUT2D eigenvalue weighted by Gasteiger charge is -2.23. The van der Waals surface area contributed by atoms with Crippen LogP contribution in [0, 0.1) is 0 Å². The zero-order chi connectivity index (χ0) is 17.7. The first-order valence-corrected chi connectivity index (χ1v) is 9.58. The van der Waals surface area contributed by atoms with E-state index in [-0.39, 0.29) is 0 Å². The van der Waals surface area contributed by atoms with Gasteiger partial charge in [-0.25, -0.2) is 8.42 Å². The SMILES string of the molecule is C[C@@H](C(=O)Nc1ccccc1N(C)Cc1ccccc1)S(C)(=O)=O. The molecule has 0 aliphatic heterocycles. The lowest BCUT2D eigenvalue weighted by Crippen LogP contribution is -2.32. The molecule has 0 fully saturated rings. The van der Waals surface area contributed by atoms with Crippen molar-refractivity contribution in [2.45, 2.75) is 18.7 Å². The summed E-state index contributed by atoms with van der Waals surface area (Å²) in [5, 5.41) is 1.63. The number of para-hydroxylation sites is 2. The second-order valence-electron chi connectivity index (χ2n) is 5.82. The summed E-state index contributed by atoms with van der Waals surface area (Å²) in [4.78, 5) is 14.2. The van der Waals surface area contributed by atoms with Gasteiger partial charge >= 0.3 is 0 Å². The highest BCUT2D eigenvalue weighted by molar-refractivity contribution is 7.92. The van der Waals surface area contributed by atoms with Crippen molar-refractivity contribution < 1.29 is 13.2 Å². The van der Waals surface area contributed by atoms with Crippen molar-refractivity contribution in [2.75, 3.05) is 23.5 Å². The maximum Gasteiger partial charge on any atom is 0.242 e. The molecule has 24 heavy (non-hydrogen) atoms. The third-order valence-corrected chi connectivity index (χ3v) is 5.35. The van der Waals surface area contributed by atoms with Gasteiger partial charge in [0.2, 0.25) is 5.91 Å². The van der Waals surface area contributed by atoms with Crippen LogP contribution in [-0.2, 0) is 21.2 Å². The number of benzene rings is 2. The number of anilines is 2. The normalized spacial score (nSPS) is 12.5. The molecule has 0 spiro atoms. The van der Waals surface area contributed by atoms with E-state index in [9.17, 15) is 13.2 Å². The van der Waals surface area contributed by atoms with Crippen LogP contribution in [0.5, 0.6) is 0 Å². The molecule has 128 valence electrons. The number of carbonyl (C=O) groups excluding carboxylic acids is 1. The van der Waals surface area contributed by atoms with Gasteiger partial charge in [0.25, 0.3) is 0 Å². The standard InChI is InChI=1S/C18H22N2O3S/c1-14(24(3,22)23)18(21)19-16-11-7-8-12-17(16)20(2)13-15-9-5-4-6-10-15/h4-12,14H,13H2,1-3H3,(H,19,21)/t14-/m0/s1. The van der Waals surface area contributed by atoms with E-state index >= 15 is 0 Å². The van der Waals surface area contributed by atoms with E-state index in [2.05, 4.69) is 5.32 Å². The molecule has 6 heteroatoms. The topological polar surface area (TPSA) is 66.5 Å². The molecule has 0 saturated carbocycles. The van der Waals surface area contributed by atoms with Crippen LogP contribution in [0.25, 0.3) is 0 Å². The molecule has 1 atom stereocenters. The molecule has 1 N–H and O–H groups in total. The molecule has 0 heterocycles. The average molecular weight is 346 g/mol. The van der Waals surface area contributed by atoms with E-state index in [1.165, 1.54) is 6.92 Å². The molecule has 2 rings (SSSR count). The summed E-state index contributed by atoms with van der Waals surface area (Å²) in [5.74, 6) is -0.530. The lowest BCUT2D eigenvalue weighted by molar-refractivity contribution is -0.115. The van der Waals surface area contributed by atoms with Gasteiger partial charge in [0.15, 0.2) is 9.84 Å². The zero-order valence-corrected chi connectivity index (χ0v) is 14.9. The summed E-state index contributed by atoms with van der Waals surface area (Å²) in [6, 6.07) is 17.3. The minimum atomic E-state index is -3.43. The van der Waals surface area contributed by atoms with E-state index in [1.807, 2.05) is 54.4 Å². The van der Waals surface area contributed by atoms with Gasteiger partial charge in [0.1, 0.15) is 5.25 Å². The predicted molar refractivity (Wildman–Crippen MR) is 97.9 cm³/mol. The maximum atomic E-state index is 12.2. The minimum absolute atomic E-state index is 0.530. The lowest BCUT2D eigenvalue weighted by atomic mass is 10.2. The van der Waals surface area contributed by atoms with Crippen LogP contribution in [0.15, 0.2) is 54.6 Å². The van der Waals surface area contributed by atoms with Gasteiger partial charge in [-0.05, 0) is 24.6 Å². The Morgan fingerprint density at radius 3 is 2.29 bits per heavy atom. The number of hydrogen-bond donors (Lipinski definition) is 1. The molecule has 5 nitrogen and oxygen atoms in total. The first kappa shape index (κ1) is 18.0. The van der Waals surface area contributed by atoms with Crippen LogP contribution in [0.1, 0.15) is 12.5 Å². The fourth-order valence-electron chi connectivity index (χ4n) is 2.28. The third-order valence-electron chi connectivity index (χ3n) is 3.85. The van der Waals surface area contributed by atoms with E-state index in [1.54, 1.807) is 12.1 Å². The number of nitrogens with one attached hydrogen (secondary N) is 1. The summed E-state index contributed by atoms with van der Waals surface area (Å²) in [6.45, 7) is 2.07. The molecule has 0 aliphatic carbocycles. The Hall–Kier alpha value is -2.34. The molecule has 0 radical (unpaired) electrons. The van der Waals surface area contributed by atoms with Crippen molar-refractivity contribution in [3.8, 4) is 0 Å². The van der Waals surface area contributed by atoms with Gasteiger partial charge in [-0.15, -0.1) is 0 Å². The second kappa shape index (κ2) is 7.49. The van der Waals surface area contributed by atoms with Crippen LogP contribution < -0.4 is 10.2 Å². The number of amides is 1.